The molecule has 1 aliphatic heterocycles. The van der Waals surface area contributed by atoms with Gasteiger partial charge in [0.2, 0.25) is 0 Å². The second-order valence-corrected chi connectivity index (χ2v) is 6.65. The van der Waals surface area contributed by atoms with Gasteiger partial charge in [-0.2, -0.15) is 0 Å². The molecule has 1 aromatic carbocycles. The van der Waals surface area contributed by atoms with Gasteiger partial charge in [-0.25, -0.2) is 9.97 Å². The van der Waals surface area contributed by atoms with Crippen LogP contribution < -0.4 is 10.1 Å². The molecule has 4 rings (SSSR count). The molecular weight excluding hydrogens is 356 g/mol. The van der Waals surface area contributed by atoms with E-state index in [0.29, 0.717) is 23.6 Å². The quantitative estimate of drug-likeness (QED) is 0.711. The molecule has 0 bridgehead atoms. The van der Waals surface area contributed by atoms with Crippen LogP contribution in [0, 0.1) is 6.92 Å². The standard InChI is InChI=1S/C21H22N4O3/c1-15-22-10-11-25(15)20-9-8-16(13-23-20)24-21(26)18-6-2-3-7-19(18)28-14-17-5-4-12-27-17/h2-3,6-11,13,17H,4-5,12,14H2,1H3,(H,24,26). The molecule has 144 valence electrons. The van der Waals surface area contributed by atoms with Gasteiger partial charge in [0.15, 0.2) is 0 Å². The maximum absolute atomic E-state index is 12.7. The molecule has 0 aliphatic carbocycles. The summed E-state index contributed by atoms with van der Waals surface area (Å²) in [6.45, 7) is 3.13. The van der Waals surface area contributed by atoms with Gasteiger partial charge < -0.3 is 14.8 Å². The fourth-order valence-electron chi connectivity index (χ4n) is 3.16. The van der Waals surface area contributed by atoms with Gasteiger partial charge in [-0.05, 0) is 44.0 Å². The molecule has 1 fully saturated rings. The lowest BCUT2D eigenvalue weighted by Gasteiger charge is -2.14. The Hall–Kier alpha value is -3.19. The van der Waals surface area contributed by atoms with Crippen LogP contribution in [0.3, 0.4) is 0 Å². The Morgan fingerprint density at radius 2 is 2.18 bits per heavy atom. The lowest BCUT2D eigenvalue weighted by Crippen LogP contribution is -2.19. The first-order chi connectivity index (χ1) is 13.7. The van der Waals surface area contributed by atoms with E-state index in [-0.39, 0.29) is 12.0 Å². The monoisotopic (exact) mass is 378 g/mol. The van der Waals surface area contributed by atoms with E-state index < -0.39 is 0 Å². The highest BCUT2D eigenvalue weighted by atomic mass is 16.5. The molecule has 1 amide bonds. The van der Waals surface area contributed by atoms with Crippen molar-refractivity contribution in [3.63, 3.8) is 0 Å². The van der Waals surface area contributed by atoms with Crippen LogP contribution in [0.1, 0.15) is 29.0 Å². The number of nitrogens with one attached hydrogen (secondary N) is 1. The summed E-state index contributed by atoms with van der Waals surface area (Å²) in [5.74, 6) is 1.90. The van der Waals surface area contributed by atoms with E-state index >= 15 is 0 Å². The molecule has 1 atom stereocenters. The van der Waals surface area contributed by atoms with Crippen LogP contribution in [0.4, 0.5) is 5.69 Å². The number of pyridine rings is 1. The average molecular weight is 378 g/mol. The average Bonchev–Trinajstić information content (AvgIpc) is 3.39. The highest BCUT2D eigenvalue weighted by Gasteiger charge is 2.18. The van der Waals surface area contributed by atoms with Crippen molar-refractivity contribution in [1.29, 1.82) is 0 Å². The SMILES string of the molecule is Cc1nccn1-c1ccc(NC(=O)c2ccccc2OCC2CCCO2)cn1. The Kier molecular flexibility index (Phi) is 5.34. The Morgan fingerprint density at radius 1 is 1.29 bits per heavy atom. The van der Waals surface area contributed by atoms with Crippen molar-refractivity contribution in [3.05, 3.63) is 66.4 Å². The van der Waals surface area contributed by atoms with Crippen LogP contribution in [-0.2, 0) is 4.74 Å². The second kappa shape index (κ2) is 8.22. The van der Waals surface area contributed by atoms with Crippen LogP contribution in [0.15, 0.2) is 55.0 Å². The highest BCUT2D eigenvalue weighted by molar-refractivity contribution is 6.06. The van der Waals surface area contributed by atoms with Crippen molar-refractivity contribution in [2.75, 3.05) is 18.5 Å². The number of nitrogens with zero attached hydrogens (tertiary/aromatic N) is 3. The maximum Gasteiger partial charge on any atom is 0.259 e. The van der Waals surface area contributed by atoms with Crippen molar-refractivity contribution < 1.29 is 14.3 Å². The summed E-state index contributed by atoms with van der Waals surface area (Å²) >= 11 is 0. The lowest BCUT2D eigenvalue weighted by molar-refractivity contribution is 0.0673. The number of hydrogen-bond donors (Lipinski definition) is 1. The van der Waals surface area contributed by atoms with E-state index in [1.54, 1.807) is 24.5 Å². The summed E-state index contributed by atoms with van der Waals surface area (Å²) in [7, 11) is 0. The molecule has 3 heterocycles. The topological polar surface area (TPSA) is 78.3 Å². The third-order valence-corrected chi connectivity index (χ3v) is 4.66. The molecule has 1 N–H and O–H groups in total. The molecule has 1 unspecified atom stereocenters. The molecule has 0 spiro atoms. The minimum atomic E-state index is -0.240. The number of anilines is 1. The van der Waals surface area contributed by atoms with Crippen LogP contribution >= 0.6 is 0 Å². The van der Waals surface area contributed by atoms with E-state index in [0.717, 1.165) is 31.1 Å². The van der Waals surface area contributed by atoms with Gasteiger partial charge in [-0.15, -0.1) is 0 Å². The van der Waals surface area contributed by atoms with Crippen molar-refractivity contribution in [1.82, 2.24) is 14.5 Å². The maximum atomic E-state index is 12.7. The summed E-state index contributed by atoms with van der Waals surface area (Å²) in [5.41, 5.74) is 1.09. The van der Waals surface area contributed by atoms with Gasteiger partial charge in [0.05, 0.1) is 23.6 Å². The summed E-state index contributed by atoms with van der Waals surface area (Å²) in [6, 6.07) is 10.9. The fraction of sp³-hybridized carbons (Fsp3) is 0.286. The number of carbonyl (C=O) groups excluding carboxylic acids is 1. The third kappa shape index (κ3) is 4.04. The van der Waals surface area contributed by atoms with Crippen LogP contribution in [-0.4, -0.2) is 39.8 Å². The zero-order chi connectivity index (χ0) is 19.3. The van der Waals surface area contributed by atoms with E-state index in [2.05, 4.69) is 15.3 Å². The minimum absolute atomic E-state index is 0.0968. The van der Waals surface area contributed by atoms with Crippen LogP contribution in [0.2, 0.25) is 0 Å². The molecule has 0 radical (unpaired) electrons. The van der Waals surface area contributed by atoms with Gasteiger partial charge in [0.1, 0.15) is 24.0 Å². The van der Waals surface area contributed by atoms with Gasteiger partial charge in [0, 0.05) is 19.0 Å². The van der Waals surface area contributed by atoms with Gasteiger partial charge in [0.25, 0.3) is 5.91 Å². The lowest BCUT2D eigenvalue weighted by atomic mass is 10.2. The van der Waals surface area contributed by atoms with Crippen LogP contribution in [0.25, 0.3) is 5.82 Å². The molecule has 0 saturated carbocycles. The number of benzene rings is 1. The second-order valence-electron chi connectivity index (χ2n) is 6.65. The largest absolute Gasteiger partial charge is 0.490 e. The number of aryl methyl sites for hydroxylation is 1. The van der Waals surface area contributed by atoms with Crippen LogP contribution in [0.5, 0.6) is 5.75 Å². The predicted octanol–water partition coefficient (Wildman–Crippen LogP) is 3.39. The first-order valence-corrected chi connectivity index (χ1v) is 9.32. The first-order valence-electron chi connectivity index (χ1n) is 9.32. The number of amides is 1. The van der Waals surface area contributed by atoms with Gasteiger partial charge >= 0.3 is 0 Å². The molecule has 3 aromatic rings. The van der Waals surface area contributed by atoms with Crippen molar-refractivity contribution in [2.45, 2.75) is 25.9 Å². The minimum Gasteiger partial charge on any atom is -0.490 e. The number of ether oxygens (including phenoxy) is 2. The highest BCUT2D eigenvalue weighted by Crippen LogP contribution is 2.22. The normalized spacial score (nSPS) is 16.1. The number of aromatic nitrogens is 3. The van der Waals surface area contributed by atoms with Crippen molar-refractivity contribution >= 4 is 11.6 Å². The van der Waals surface area contributed by atoms with E-state index in [4.69, 9.17) is 9.47 Å². The van der Waals surface area contributed by atoms with E-state index in [9.17, 15) is 4.79 Å². The fourth-order valence-corrected chi connectivity index (χ4v) is 3.16. The number of para-hydroxylation sites is 1. The Balaban J connectivity index is 1.44. The van der Waals surface area contributed by atoms with Gasteiger partial charge in [-0.1, -0.05) is 12.1 Å². The molecule has 2 aromatic heterocycles. The van der Waals surface area contributed by atoms with Gasteiger partial charge in [-0.3, -0.25) is 9.36 Å². The Labute approximate surface area is 163 Å². The smallest absolute Gasteiger partial charge is 0.259 e. The summed E-state index contributed by atoms with van der Waals surface area (Å²) in [5, 5.41) is 2.88. The number of carbonyl (C=O) groups is 1. The molecule has 1 saturated heterocycles. The zero-order valence-corrected chi connectivity index (χ0v) is 15.7. The Morgan fingerprint density at radius 3 is 2.89 bits per heavy atom. The zero-order valence-electron chi connectivity index (χ0n) is 15.7. The number of rotatable bonds is 6. The summed E-state index contributed by atoms with van der Waals surface area (Å²) in [4.78, 5) is 21.3. The van der Waals surface area contributed by atoms with Crippen molar-refractivity contribution in [2.24, 2.45) is 0 Å². The van der Waals surface area contributed by atoms with E-state index in [1.165, 1.54) is 0 Å². The third-order valence-electron chi connectivity index (χ3n) is 4.66. The molecular formula is C21H22N4O3. The predicted molar refractivity (Wildman–Crippen MR) is 105 cm³/mol. The van der Waals surface area contributed by atoms with Crippen molar-refractivity contribution in [3.8, 4) is 11.6 Å². The Bertz CT molecular complexity index is 946. The summed E-state index contributed by atoms with van der Waals surface area (Å²) in [6.07, 6.45) is 7.33. The first kappa shape index (κ1) is 18.2. The molecule has 1 aliphatic rings. The number of imidazole rings is 1. The van der Waals surface area contributed by atoms with E-state index in [1.807, 2.05) is 42.0 Å². The molecule has 7 nitrogen and oxygen atoms in total. The molecule has 28 heavy (non-hydrogen) atoms. The molecule has 7 heteroatoms. The summed E-state index contributed by atoms with van der Waals surface area (Å²) < 4.78 is 13.3. The number of hydrogen-bond acceptors (Lipinski definition) is 5.